The molecule has 1 amide bonds. The highest BCUT2D eigenvalue weighted by Gasteiger charge is 2.10. The highest BCUT2D eigenvalue weighted by molar-refractivity contribution is 5.97. The third kappa shape index (κ3) is 3.82. The molecule has 3 nitrogen and oxygen atoms in total. The summed E-state index contributed by atoms with van der Waals surface area (Å²) >= 11 is 0. The molecule has 3 rings (SSSR count). The van der Waals surface area contributed by atoms with E-state index in [2.05, 4.69) is 5.32 Å². The topological polar surface area (TPSA) is 32.3 Å². The van der Waals surface area contributed by atoms with Gasteiger partial charge < -0.3 is 10.2 Å². The molecule has 0 aliphatic carbocycles. The molecule has 0 radical (unpaired) electrons. The summed E-state index contributed by atoms with van der Waals surface area (Å²) in [5, 5.41) is 3.03. The lowest BCUT2D eigenvalue weighted by molar-refractivity contribution is -0.114. The van der Waals surface area contributed by atoms with Crippen LogP contribution in [0.4, 0.5) is 11.4 Å². The van der Waals surface area contributed by atoms with Crippen LogP contribution in [0.5, 0.6) is 0 Å². The van der Waals surface area contributed by atoms with Gasteiger partial charge in [0.05, 0.1) is 6.54 Å². The van der Waals surface area contributed by atoms with Crippen LogP contribution in [0.2, 0.25) is 0 Å². The second-order valence-electron chi connectivity index (χ2n) is 5.65. The van der Waals surface area contributed by atoms with Crippen molar-refractivity contribution in [3.05, 3.63) is 84.9 Å². The highest BCUT2D eigenvalue weighted by atomic mass is 16.2. The Morgan fingerprint density at radius 3 is 2.12 bits per heavy atom. The van der Waals surface area contributed by atoms with Gasteiger partial charge >= 0.3 is 0 Å². The minimum atomic E-state index is -0.0373. The SMILES string of the molecule is CN(CC(=O)Nc1ccccc1-c1ccccc1)c1ccccc1. The van der Waals surface area contributed by atoms with Crippen LogP contribution in [-0.4, -0.2) is 19.5 Å². The van der Waals surface area contributed by atoms with Crippen LogP contribution in [0.15, 0.2) is 84.9 Å². The fourth-order valence-corrected chi connectivity index (χ4v) is 2.64. The maximum Gasteiger partial charge on any atom is 0.243 e. The number of nitrogens with one attached hydrogen (secondary N) is 1. The zero-order valence-electron chi connectivity index (χ0n) is 13.6. The Hall–Kier alpha value is -3.07. The fourth-order valence-electron chi connectivity index (χ4n) is 2.64. The van der Waals surface area contributed by atoms with Gasteiger partial charge in [0.1, 0.15) is 0 Å². The normalized spacial score (nSPS) is 10.2. The lowest BCUT2D eigenvalue weighted by Crippen LogP contribution is -2.30. The van der Waals surface area contributed by atoms with Crippen molar-refractivity contribution in [3.63, 3.8) is 0 Å². The first-order valence-electron chi connectivity index (χ1n) is 7.94. The summed E-state index contributed by atoms with van der Waals surface area (Å²) in [6.07, 6.45) is 0. The highest BCUT2D eigenvalue weighted by Crippen LogP contribution is 2.27. The van der Waals surface area contributed by atoms with Gasteiger partial charge in [-0.1, -0.05) is 66.7 Å². The second-order valence-corrected chi connectivity index (χ2v) is 5.65. The molecule has 0 spiro atoms. The predicted octanol–water partition coefficient (Wildman–Crippen LogP) is 4.43. The number of likely N-dealkylation sites (N-methyl/N-ethyl adjacent to an activating group) is 1. The molecule has 0 aliphatic rings. The van der Waals surface area contributed by atoms with Crippen LogP contribution in [0, 0.1) is 0 Å². The summed E-state index contributed by atoms with van der Waals surface area (Å²) in [4.78, 5) is 14.4. The Kier molecular flexibility index (Phi) is 4.92. The summed E-state index contributed by atoms with van der Waals surface area (Å²) in [6.45, 7) is 0.299. The molecule has 0 bridgehead atoms. The molecular formula is C21H20N2O. The van der Waals surface area contributed by atoms with Gasteiger partial charge in [-0.2, -0.15) is 0 Å². The van der Waals surface area contributed by atoms with Gasteiger partial charge in [0, 0.05) is 24.0 Å². The van der Waals surface area contributed by atoms with E-state index in [4.69, 9.17) is 0 Å². The molecule has 0 heterocycles. The second kappa shape index (κ2) is 7.47. The zero-order chi connectivity index (χ0) is 16.8. The Balaban J connectivity index is 1.74. The van der Waals surface area contributed by atoms with E-state index in [0.717, 1.165) is 22.5 Å². The van der Waals surface area contributed by atoms with Crippen molar-refractivity contribution in [2.24, 2.45) is 0 Å². The molecule has 0 atom stereocenters. The van der Waals surface area contributed by atoms with E-state index >= 15 is 0 Å². The number of amides is 1. The third-order valence-electron chi connectivity index (χ3n) is 3.86. The number of rotatable bonds is 5. The summed E-state index contributed by atoms with van der Waals surface area (Å²) in [7, 11) is 1.91. The van der Waals surface area contributed by atoms with Crippen molar-refractivity contribution in [2.45, 2.75) is 0 Å². The van der Waals surface area contributed by atoms with Crippen LogP contribution in [-0.2, 0) is 4.79 Å². The quantitative estimate of drug-likeness (QED) is 0.755. The average molecular weight is 316 g/mol. The van der Waals surface area contributed by atoms with Crippen molar-refractivity contribution in [2.75, 3.05) is 23.8 Å². The van der Waals surface area contributed by atoms with Crippen LogP contribution in [0.1, 0.15) is 0 Å². The minimum Gasteiger partial charge on any atom is -0.365 e. The van der Waals surface area contributed by atoms with E-state index in [1.165, 1.54) is 0 Å². The lowest BCUT2D eigenvalue weighted by atomic mass is 10.0. The smallest absolute Gasteiger partial charge is 0.243 e. The van der Waals surface area contributed by atoms with Crippen molar-refractivity contribution < 1.29 is 4.79 Å². The third-order valence-corrected chi connectivity index (χ3v) is 3.86. The average Bonchev–Trinajstić information content (AvgIpc) is 2.63. The van der Waals surface area contributed by atoms with Gasteiger partial charge in [-0.05, 0) is 23.8 Å². The minimum absolute atomic E-state index is 0.0373. The molecule has 24 heavy (non-hydrogen) atoms. The van der Waals surface area contributed by atoms with Crippen LogP contribution in [0.25, 0.3) is 11.1 Å². The number of carbonyl (C=O) groups excluding carboxylic acids is 1. The molecular weight excluding hydrogens is 296 g/mol. The number of para-hydroxylation sites is 2. The molecule has 0 aliphatic heterocycles. The standard InChI is InChI=1S/C21H20N2O/c1-23(18-12-6-3-7-13-18)16-21(24)22-20-15-9-8-14-19(20)17-10-4-2-5-11-17/h2-15H,16H2,1H3,(H,22,24). The van der Waals surface area contributed by atoms with E-state index in [0.29, 0.717) is 6.54 Å². The maximum absolute atomic E-state index is 12.4. The lowest BCUT2D eigenvalue weighted by Gasteiger charge is -2.19. The van der Waals surface area contributed by atoms with E-state index in [1.807, 2.05) is 96.9 Å². The molecule has 0 fully saturated rings. The monoisotopic (exact) mass is 316 g/mol. The van der Waals surface area contributed by atoms with Crippen molar-refractivity contribution in [1.29, 1.82) is 0 Å². The summed E-state index contributed by atoms with van der Waals surface area (Å²) in [6, 6.07) is 27.8. The number of nitrogens with zero attached hydrogens (tertiary/aromatic N) is 1. The molecule has 3 aromatic carbocycles. The molecule has 0 saturated heterocycles. The van der Waals surface area contributed by atoms with Crippen molar-refractivity contribution in [3.8, 4) is 11.1 Å². The van der Waals surface area contributed by atoms with Crippen LogP contribution in [0.3, 0.4) is 0 Å². The first-order valence-corrected chi connectivity index (χ1v) is 7.94. The Labute approximate surface area is 142 Å². The first kappa shape index (κ1) is 15.8. The van der Waals surface area contributed by atoms with E-state index in [-0.39, 0.29) is 5.91 Å². The van der Waals surface area contributed by atoms with Crippen molar-refractivity contribution >= 4 is 17.3 Å². The molecule has 0 aromatic heterocycles. The number of carbonyl (C=O) groups is 1. The van der Waals surface area contributed by atoms with E-state index in [1.54, 1.807) is 0 Å². The number of anilines is 2. The van der Waals surface area contributed by atoms with Crippen LogP contribution >= 0.6 is 0 Å². The van der Waals surface area contributed by atoms with Gasteiger partial charge in [0.15, 0.2) is 0 Å². The number of benzene rings is 3. The van der Waals surface area contributed by atoms with Gasteiger partial charge in [-0.3, -0.25) is 4.79 Å². The Bertz CT molecular complexity index is 800. The van der Waals surface area contributed by atoms with Gasteiger partial charge in [-0.15, -0.1) is 0 Å². The fraction of sp³-hybridized carbons (Fsp3) is 0.0952. The number of hydrogen-bond acceptors (Lipinski definition) is 2. The number of hydrogen-bond donors (Lipinski definition) is 1. The first-order chi connectivity index (χ1) is 11.7. The molecule has 120 valence electrons. The molecule has 3 aromatic rings. The predicted molar refractivity (Wildman–Crippen MR) is 100 cm³/mol. The summed E-state index contributed by atoms with van der Waals surface area (Å²) in [5.41, 5.74) is 3.96. The van der Waals surface area contributed by atoms with Crippen LogP contribution < -0.4 is 10.2 Å². The van der Waals surface area contributed by atoms with Gasteiger partial charge in [0.25, 0.3) is 0 Å². The summed E-state index contributed by atoms with van der Waals surface area (Å²) < 4.78 is 0. The van der Waals surface area contributed by atoms with E-state index in [9.17, 15) is 4.79 Å². The van der Waals surface area contributed by atoms with E-state index < -0.39 is 0 Å². The Morgan fingerprint density at radius 2 is 1.42 bits per heavy atom. The zero-order valence-corrected chi connectivity index (χ0v) is 13.6. The van der Waals surface area contributed by atoms with Gasteiger partial charge in [0.2, 0.25) is 5.91 Å². The summed E-state index contributed by atoms with van der Waals surface area (Å²) in [5.74, 6) is -0.0373. The van der Waals surface area contributed by atoms with Crippen molar-refractivity contribution in [1.82, 2.24) is 0 Å². The molecule has 1 N–H and O–H groups in total. The molecule has 3 heteroatoms. The largest absolute Gasteiger partial charge is 0.365 e. The van der Waals surface area contributed by atoms with Gasteiger partial charge in [-0.25, -0.2) is 0 Å². The molecule has 0 unspecified atom stereocenters. The maximum atomic E-state index is 12.4. The Morgan fingerprint density at radius 1 is 0.833 bits per heavy atom. The molecule has 0 saturated carbocycles.